The molecular weight excluding hydrogens is 339 g/mol. The first-order chi connectivity index (χ1) is 11.0. The van der Waals surface area contributed by atoms with Crippen LogP contribution in [0.25, 0.3) is 10.9 Å². The van der Waals surface area contributed by atoms with Gasteiger partial charge < -0.3 is 5.32 Å². The fourth-order valence-electron chi connectivity index (χ4n) is 2.04. The Labute approximate surface area is 140 Å². The molecule has 0 saturated carbocycles. The van der Waals surface area contributed by atoms with Crippen LogP contribution < -0.4 is 10.9 Å². The second-order valence-electron chi connectivity index (χ2n) is 4.74. The van der Waals surface area contributed by atoms with E-state index in [-0.39, 0.29) is 12.1 Å². The van der Waals surface area contributed by atoms with Gasteiger partial charge in [-0.25, -0.2) is 4.68 Å². The van der Waals surface area contributed by atoms with E-state index in [9.17, 15) is 9.59 Å². The van der Waals surface area contributed by atoms with E-state index >= 15 is 0 Å². The van der Waals surface area contributed by atoms with E-state index in [0.717, 1.165) is 4.68 Å². The second-order valence-corrected chi connectivity index (χ2v) is 5.59. The maximum absolute atomic E-state index is 12.3. The lowest BCUT2D eigenvalue weighted by atomic mass is 10.2. The minimum Gasteiger partial charge on any atom is -0.323 e. The van der Waals surface area contributed by atoms with Crippen molar-refractivity contribution in [2.75, 3.05) is 5.32 Å². The van der Waals surface area contributed by atoms with Crippen molar-refractivity contribution in [3.63, 3.8) is 0 Å². The Morgan fingerprint density at radius 3 is 2.74 bits per heavy atom. The average Bonchev–Trinajstić information content (AvgIpc) is 2.53. The van der Waals surface area contributed by atoms with Crippen molar-refractivity contribution < 1.29 is 4.79 Å². The number of benzene rings is 2. The van der Waals surface area contributed by atoms with Crippen LogP contribution in [0.15, 0.2) is 47.3 Å². The molecule has 2 aromatic carbocycles. The number of aromatic nitrogens is 3. The van der Waals surface area contributed by atoms with Gasteiger partial charge in [0.2, 0.25) is 5.91 Å². The molecule has 0 aliphatic heterocycles. The first-order valence-electron chi connectivity index (χ1n) is 6.62. The van der Waals surface area contributed by atoms with Gasteiger partial charge in [-0.3, -0.25) is 9.59 Å². The average molecular weight is 349 g/mol. The molecule has 0 aliphatic rings. The van der Waals surface area contributed by atoms with Crippen molar-refractivity contribution in [2.24, 2.45) is 0 Å². The third kappa shape index (κ3) is 3.33. The highest BCUT2D eigenvalue weighted by Gasteiger charge is 2.11. The van der Waals surface area contributed by atoms with Gasteiger partial charge in [-0.2, -0.15) is 0 Å². The van der Waals surface area contributed by atoms with E-state index in [1.54, 1.807) is 36.4 Å². The number of carbonyl (C=O) groups excluding carboxylic acids is 1. The summed E-state index contributed by atoms with van der Waals surface area (Å²) in [5.41, 5.74) is 0.505. The molecule has 3 rings (SSSR count). The van der Waals surface area contributed by atoms with Gasteiger partial charge in [0.05, 0.1) is 16.1 Å². The van der Waals surface area contributed by atoms with Gasteiger partial charge >= 0.3 is 0 Å². The van der Waals surface area contributed by atoms with E-state index in [4.69, 9.17) is 23.2 Å². The largest absolute Gasteiger partial charge is 0.323 e. The number of rotatable bonds is 3. The fraction of sp³-hybridized carbons (Fsp3) is 0.0667. The lowest BCUT2D eigenvalue weighted by molar-refractivity contribution is -0.117. The molecule has 0 radical (unpaired) electrons. The minimum atomic E-state index is -0.444. The van der Waals surface area contributed by atoms with E-state index in [1.165, 1.54) is 6.07 Å². The molecule has 0 saturated heterocycles. The van der Waals surface area contributed by atoms with Crippen LogP contribution in [0, 0.1) is 0 Å². The lowest BCUT2D eigenvalue weighted by Gasteiger charge is -2.08. The first-order valence-corrected chi connectivity index (χ1v) is 7.37. The zero-order valence-electron chi connectivity index (χ0n) is 11.7. The summed E-state index contributed by atoms with van der Waals surface area (Å²) < 4.78 is 1.00. The standard InChI is InChI=1S/C15H10Cl2N4O2/c16-9-5-6-13(11(17)7-9)18-14(22)8-21-15(23)10-3-1-2-4-12(10)19-20-21/h1-7H,8H2,(H,18,22). The monoisotopic (exact) mass is 348 g/mol. The minimum absolute atomic E-state index is 0.268. The highest BCUT2D eigenvalue weighted by Crippen LogP contribution is 2.25. The Morgan fingerprint density at radius 1 is 1.17 bits per heavy atom. The molecule has 3 aromatic rings. The maximum atomic E-state index is 12.3. The van der Waals surface area contributed by atoms with Gasteiger partial charge in [0, 0.05) is 5.02 Å². The maximum Gasteiger partial charge on any atom is 0.278 e. The summed E-state index contributed by atoms with van der Waals surface area (Å²) in [6.07, 6.45) is 0. The van der Waals surface area contributed by atoms with Crippen molar-refractivity contribution in [3.8, 4) is 0 Å². The van der Waals surface area contributed by atoms with E-state index in [1.807, 2.05) is 0 Å². The summed E-state index contributed by atoms with van der Waals surface area (Å²) >= 11 is 11.8. The van der Waals surface area contributed by atoms with Crippen molar-refractivity contribution in [3.05, 3.63) is 62.9 Å². The summed E-state index contributed by atoms with van der Waals surface area (Å²) in [5, 5.41) is 11.5. The SMILES string of the molecule is O=C(Cn1nnc2ccccc2c1=O)Nc1ccc(Cl)cc1Cl. The quantitative estimate of drug-likeness (QED) is 0.789. The number of nitrogens with zero attached hydrogens (tertiary/aromatic N) is 3. The van der Waals surface area contributed by atoms with Crippen LogP contribution in [0.1, 0.15) is 0 Å². The predicted molar refractivity (Wildman–Crippen MR) is 88.9 cm³/mol. The summed E-state index contributed by atoms with van der Waals surface area (Å²) in [5.74, 6) is -0.444. The van der Waals surface area contributed by atoms with Crippen LogP contribution in [0.3, 0.4) is 0 Å². The number of amides is 1. The van der Waals surface area contributed by atoms with E-state index < -0.39 is 5.91 Å². The van der Waals surface area contributed by atoms with E-state index in [0.29, 0.717) is 26.6 Å². The molecule has 0 spiro atoms. The Morgan fingerprint density at radius 2 is 1.96 bits per heavy atom. The molecule has 1 aromatic heterocycles. The zero-order valence-corrected chi connectivity index (χ0v) is 13.2. The number of hydrogen-bond acceptors (Lipinski definition) is 4. The zero-order chi connectivity index (χ0) is 16.4. The number of carbonyl (C=O) groups is 1. The smallest absolute Gasteiger partial charge is 0.278 e. The Balaban J connectivity index is 1.83. The van der Waals surface area contributed by atoms with Crippen LogP contribution in [0.4, 0.5) is 5.69 Å². The molecule has 1 N–H and O–H groups in total. The highest BCUT2D eigenvalue weighted by molar-refractivity contribution is 6.36. The molecule has 6 nitrogen and oxygen atoms in total. The van der Waals surface area contributed by atoms with Crippen molar-refractivity contribution >= 4 is 45.7 Å². The first kappa shape index (κ1) is 15.5. The summed E-state index contributed by atoms with van der Waals surface area (Å²) in [7, 11) is 0. The van der Waals surface area contributed by atoms with E-state index in [2.05, 4.69) is 15.6 Å². The van der Waals surface area contributed by atoms with Crippen LogP contribution in [-0.4, -0.2) is 20.9 Å². The predicted octanol–water partition coefficient (Wildman–Crippen LogP) is 2.74. The molecule has 1 heterocycles. The fourth-order valence-corrected chi connectivity index (χ4v) is 2.50. The lowest BCUT2D eigenvalue weighted by Crippen LogP contribution is -2.30. The van der Waals surface area contributed by atoms with Gasteiger partial charge in [0.25, 0.3) is 5.56 Å². The van der Waals surface area contributed by atoms with Crippen LogP contribution >= 0.6 is 23.2 Å². The van der Waals surface area contributed by atoms with Gasteiger partial charge in [-0.05, 0) is 30.3 Å². The molecule has 8 heteroatoms. The van der Waals surface area contributed by atoms with Crippen LogP contribution in [-0.2, 0) is 11.3 Å². The van der Waals surface area contributed by atoms with Crippen LogP contribution in [0.5, 0.6) is 0 Å². The number of fused-ring (bicyclic) bond motifs is 1. The third-order valence-corrected chi connectivity index (χ3v) is 3.68. The molecular formula is C15H10Cl2N4O2. The van der Waals surface area contributed by atoms with Gasteiger partial charge in [0.1, 0.15) is 12.1 Å². The number of anilines is 1. The van der Waals surface area contributed by atoms with Crippen molar-refractivity contribution in [1.29, 1.82) is 0 Å². The number of nitrogens with one attached hydrogen (secondary N) is 1. The summed E-state index contributed by atoms with van der Waals surface area (Å²) in [6, 6.07) is 11.5. The second kappa shape index (κ2) is 6.36. The summed E-state index contributed by atoms with van der Waals surface area (Å²) in [4.78, 5) is 24.3. The topological polar surface area (TPSA) is 76.9 Å². The molecule has 0 atom stereocenters. The molecule has 1 amide bonds. The summed E-state index contributed by atoms with van der Waals surface area (Å²) in [6.45, 7) is -0.268. The third-order valence-electron chi connectivity index (χ3n) is 3.13. The molecule has 0 aliphatic carbocycles. The molecule has 0 fully saturated rings. The molecule has 0 unspecified atom stereocenters. The highest BCUT2D eigenvalue weighted by atomic mass is 35.5. The molecule has 0 bridgehead atoms. The van der Waals surface area contributed by atoms with Crippen LogP contribution in [0.2, 0.25) is 10.0 Å². The van der Waals surface area contributed by atoms with Crippen molar-refractivity contribution in [1.82, 2.24) is 15.0 Å². The van der Waals surface area contributed by atoms with Gasteiger partial charge in [0.15, 0.2) is 0 Å². The van der Waals surface area contributed by atoms with Gasteiger partial charge in [-0.1, -0.05) is 40.5 Å². The molecule has 116 valence electrons. The number of halogens is 2. The molecule has 23 heavy (non-hydrogen) atoms. The Bertz CT molecular complexity index is 956. The Kier molecular flexibility index (Phi) is 4.27. The van der Waals surface area contributed by atoms with Gasteiger partial charge in [-0.15, -0.1) is 5.10 Å². The normalized spacial score (nSPS) is 10.7. The van der Waals surface area contributed by atoms with Crippen molar-refractivity contribution in [2.45, 2.75) is 6.54 Å². The number of hydrogen-bond donors (Lipinski definition) is 1. The Hall–Kier alpha value is -2.44.